The number of hydrogen-bond acceptors (Lipinski definition) is 2. The number of dihydropyridines is 1. The lowest BCUT2D eigenvalue weighted by Crippen LogP contribution is -2.44. The molecule has 4 heteroatoms. The van der Waals surface area contributed by atoms with Crippen molar-refractivity contribution >= 4 is 44.4 Å². The van der Waals surface area contributed by atoms with Crippen LogP contribution in [0.5, 0.6) is 0 Å². The zero-order valence-corrected chi connectivity index (χ0v) is 41.6. The topological polar surface area (TPSA) is 34.8 Å². The molecule has 0 amide bonds. The van der Waals surface area contributed by atoms with Crippen molar-refractivity contribution in [1.82, 2.24) is 19.4 Å². The number of nitrogens with one attached hydrogen (secondary N) is 1. The normalized spacial score (nSPS) is 19.9. The van der Waals surface area contributed by atoms with E-state index in [9.17, 15) is 0 Å². The first-order valence-electron chi connectivity index (χ1n) is 27.1. The molecule has 11 aromatic rings. The molecule has 2 spiro atoms. The second kappa shape index (κ2) is 14.7. The minimum absolute atomic E-state index is 0.0834. The van der Waals surface area contributed by atoms with E-state index in [-0.39, 0.29) is 11.5 Å². The summed E-state index contributed by atoms with van der Waals surface area (Å²) in [6.07, 6.45) is 23.5. The lowest BCUT2D eigenvalue weighted by Gasteiger charge is -2.37. The molecule has 3 aromatic heterocycles. The number of rotatable bonds is 3. The highest BCUT2D eigenvalue weighted by Gasteiger charge is 2.59. The largest absolute Gasteiger partial charge is 0.382 e. The highest BCUT2D eigenvalue weighted by Crippen LogP contribution is 2.67. The third kappa shape index (κ3) is 4.86. The van der Waals surface area contributed by atoms with Gasteiger partial charge in [-0.3, -0.25) is 4.98 Å². The molecule has 6 aliphatic carbocycles. The van der Waals surface area contributed by atoms with Crippen LogP contribution in [0.4, 0.5) is 0 Å². The number of fused-ring (bicyclic) bond motifs is 28. The molecule has 18 rings (SSSR count). The molecular weight excluding hydrogens is 921 g/mol. The molecule has 7 aliphatic rings. The van der Waals surface area contributed by atoms with Gasteiger partial charge in [-0.2, -0.15) is 0 Å². The van der Waals surface area contributed by atoms with Crippen LogP contribution < -0.4 is 5.32 Å². The Labute approximate surface area is 440 Å². The molecule has 356 valence electrons. The summed E-state index contributed by atoms with van der Waals surface area (Å²) in [5, 5.41) is 7.92. The molecule has 0 saturated heterocycles. The van der Waals surface area contributed by atoms with Crippen molar-refractivity contribution < 1.29 is 0 Å². The quantitative estimate of drug-likeness (QED) is 0.191. The van der Waals surface area contributed by atoms with Gasteiger partial charge in [-0.1, -0.05) is 164 Å². The molecule has 0 saturated carbocycles. The van der Waals surface area contributed by atoms with Gasteiger partial charge in [0, 0.05) is 50.9 Å². The van der Waals surface area contributed by atoms with Gasteiger partial charge in [-0.05, 0) is 170 Å². The number of aromatic nitrogens is 3. The molecule has 3 atom stereocenters. The second-order valence-electron chi connectivity index (χ2n) is 21.9. The van der Waals surface area contributed by atoms with E-state index in [1.54, 1.807) is 0 Å². The fraction of sp³-hybridized carbons (Fsp3) is 0.0972. The lowest BCUT2D eigenvalue weighted by atomic mass is 9.69. The minimum Gasteiger partial charge on any atom is -0.382 e. The first kappa shape index (κ1) is 41.1. The van der Waals surface area contributed by atoms with Crippen LogP contribution in [0.2, 0.25) is 0 Å². The van der Waals surface area contributed by atoms with E-state index in [0.717, 1.165) is 30.6 Å². The standard InChI is InChI=1S/C72H48N4/c1-7-23-57-47(15-1)48-16-2-8-24-58(48)71(57)67-51(53-21-13-41-73-69(53)71)37-39-63-65(67)55-19-5-11-27-61(55)75(63)45-33-29-43(30-34-45)44-31-35-46(36-32-44)76-62-28-12-6-20-56(62)66-64(76)40-38-52-54-22-14-42-74-70(54)72(68(52)66)59-25-9-3-17-49(59)50-18-4-10-26-60(50)72/h1-5,7-15,17-19,21-42,48,70,74H,6,16,20H2. The Morgan fingerprint density at radius 1 is 0.526 bits per heavy atom. The molecule has 0 bridgehead atoms. The van der Waals surface area contributed by atoms with Crippen molar-refractivity contribution in [3.05, 3.63) is 292 Å². The maximum absolute atomic E-state index is 5.31. The molecule has 4 nitrogen and oxygen atoms in total. The van der Waals surface area contributed by atoms with Crippen LogP contribution >= 0.6 is 0 Å². The summed E-state index contributed by atoms with van der Waals surface area (Å²) in [7, 11) is 0. The van der Waals surface area contributed by atoms with Crippen molar-refractivity contribution in [3.8, 4) is 44.8 Å². The van der Waals surface area contributed by atoms with Crippen LogP contribution in [-0.4, -0.2) is 20.2 Å². The number of hydrogen-bond donors (Lipinski definition) is 1. The maximum Gasteiger partial charge on any atom is 0.0864 e. The summed E-state index contributed by atoms with van der Waals surface area (Å²) in [6, 6.07) is 69.2. The van der Waals surface area contributed by atoms with Crippen LogP contribution in [0.15, 0.2) is 236 Å². The van der Waals surface area contributed by atoms with E-state index in [1.165, 1.54) is 133 Å². The Hall–Kier alpha value is -9.25. The smallest absolute Gasteiger partial charge is 0.0864 e. The fourth-order valence-corrected chi connectivity index (χ4v) is 16.1. The van der Waals surface area contributed by atoms with Gasteiger partial charge >= 0.3 is 0 Å². The number of aryl methyl sites for hydroxylation is 1. The summed E-state index contributed by atoms with van der Waals surface area (Å²) < 4.78 is 5.03. The van der Waals surface area contributed by atoms with Crippen molar-refractivity contribution in [2.45, 2.75) is 42.1 Å². The van der Waals surface area contributed by atoms with Gasteiger partial charge in [-0.15, -0.1) is 0 Å². The Kier molecular flexibility index (Phi) is 7.98. The maximum atomic E-state index is 5.31. The van der Waals surface area contributed by atoms with Gasteiger partial charge in [-0.25, -0.2) is 0 Å². The molecule has 1 aliphatic heterocycles. The molecule has 0 fully saturated rings. The van der Waals surface area contributed by atoms with Gasteiger partial charge in [0.05, 0.1) is 39.1 Å². The van der Waals surface area contributed by atoms with Gasteiger partial charge in [0.2, 0.25) is 0 Å². The van der Waals surface area contributed by atoms with E-state index in [0.29, 0.717) is 5.92 Å². The summed E-state index contributed by atoms with van der Waals surface area (Å²) in [5.74, 6) is 0.317. The molecule has 4 heterocycles. The third-order valence-corrected chi connectivity index (χ3v) is 18.8. The number of pyridine rings is 1. The van der Waals surface area contributed by atoms with E-state index >= 15 is 0 Å². The van der Waals surface area contributed by atoms with Crippen molar-refractivity contribution in [1.29, 1.82) is 0 Å². The summed E-state index contributed by atoms with van der Waals surface area (Å²) in [5.41, 5.74) is 29.3. The second-order valence-corrected chi connectivity index (χ2v) is 21.9. The monoisotopic (exact) mass is 968 g/mol. The van der Waals surface area contributed by atoms with Crippen molar-refractivity contribution in [3.63, 3.8) is 0 Å². The fourth-order valence-electron chi connectivity index (χ4n) is 16.1. The van der Waals surface area contributed by atoms with Crippen LogP contribution in [0.25, 0.3) is 89.1 Å². The first-order valence-corrected chi connectivity index (χ1v) is 27.1. The highest BCUT2D eigenvalue weighted by molar-refractivity contribution is 6.15. The average molecular weight is 969 g/mol. The number of para-hydroxylation sites is 1. The number of allylic oxidation sites excluding steroid dienone is 7. The number of nitrogens with zero attached hydrogens (tertiary/aromatic N) is 3. The molecule has 8 aromatic carbocycles. The Morgan fingerprint density at radius 2 is 1.21 bits per heavy atom. The first-order chi connectivity index (χ1) is 37.7. The minimum atomic E-state index is -0.479. The van der Waals surface area contributed by atoms with E-state index < -0.39 is 5.41 Å². The van der Waals surface area contributed by atoms with Crippen LogP contribution in [0.3, 0.4) is 0 Å². The van der Waals surface area contributed by atoms with Crippen molar-refractivity contribution in [2.75, 3.05) is 0 Å². The predicted octanol–water partition coefficient (Wildman–Crippen LogP) is 16.2. The molecule has 3 unspecified atom stereocenters. The Bertz CT molecular complexity index is 4540. The van der Waals surface area contributed by atoms with E-state index in [4.69, 9.17) is 4.98 Å². The molecule has 1 N–H and O–H groups in total. The van der Waals surface area contributed by atoms with Gasteiger partial charge in [0.15, 0.2) is 0 Å². The predicted molar refractivity (Wildman–Crippen MR) is 310 cm³/mol. The zero-order chi connectivity index (χ0) is 49.4. The SMILES string of the molecule is C1=CCC2C(=C1)C1(c3ccccc32)c2ncccc2-c2ccc3c(c21)c1ccccc1n3-c1ccc(-c2ccc(-n3c4c(c5c6c(ccc53)C3=CC=CNC3C63c5ccccc5-c5ccccc53)CCC=C4)cc2)cc1. The van der Waals surface area contributed by atoms with Gasteiger partial charge in [0.25, 0.3) is 0 Å². The molecule has 76 heavy (non-hydrogen) atoms. The van der Waals surface area contributed by atoms with Crippen molar-refractivity contribution in [2.24, 2.45) is 0 Å². The van der Waals surface area contributed by atoms with Gasteiger partial charge < -0.3 is 14.5 Å². The Morgan fingerprint density at radius 3 is 2.01 bits per heavy atom. The van der Waals surface area contributed by atoms with Crippen LogP contribution in [-0.2, 0) is 17.3 Å². The van der Waals surface area contributed by atoms with E-state index in [2.05, 4.69) is 245 Å². The number of benzene rings is 8. The van der Waals surface area contributed by atoms with E-state index in [1.807, 2.05) is 6.20 Å². The summed E-state index contributed by atoms with van der Waals surface area (Å²) in [4.78, 5) is 5.31. The molecule has 0 radical (unpaired) electrons. The Balaban J connectivity index is 0.770. The third-order valence-electron chi connectivity index (χ3n) is 18.8. The lowest BCUT2D eigenvalue weighted by molar-refractivity contribution is 0.538. The summed E-state index contributed by atoms with van der Waals surface area (Å²) >= 11 is 0. The van der Waals surface area contributed by atoms with Crippen LogP contribution in [0, 0.1) is 0 Å². The highest BCUT2D eigenvalue weighted by atomic mass is 15.0. The average Bonchev–Trinajstić information content (AvgIpc) is 3.66. The van der Waals surface area contributed by atoms with Gasteiger partial charge in [0.1, 0.15) is 0 Å². The molecular formula is C72H48N4. The zero-order valence-electron chi connectivity index (χ0n) is 41.6. The summed E-state index contributed by atoms with van der Waals surface area (Å²) in [6.45, 7) is 0. The van der Waals surface area contributed by atoms with Crippen LogP contribution in [0.1, 0.15) is 74.7 Å².